The van der Waals surface area contributed by atoms with Gasteiger partial charge in [-0.15, -0.1) is 0 Å². The molecule has 0 saturated heterocycles. The van der Waals surface area contributed by atoms with E-state index in [1.165, 1.54) is 16.7 Å². The zero-order chi connectivity index (χ0) is 11.7. The summed E-state index contributed by atoms with van der Waals surface area (Å²) in [6, 6.07) is 20.1. The third kappa shape index (κ3) is 1.98. The Labute approximate surface area is 103 Å². The van der Waals surface area contributed by atoms with Crippen LogP contribution >= 0.6 is 0 Å². The van der Waals surface area contributed by atoms with Gasteiger partial charge in [-0.2, -0.15) is 0 Å². The number of hydrogen-bond acceptors (Lipinski definition) is 1. The van der Waals surface area contributed by atoms with Crippen LogP contribution in [0.2, 0.25) is 0 Å². The van der Waals surface area contributed by atoms with Crippen molar-refractivity contribution in [2.75, 3.05) is 7.05 Å². The van der Waals surface area contributed by atoms with Gasteiger partial charge in [-0.05, 0) is 30.2 Å². The quantitative estimate of drug-likeness (QED) is 0.716. The van der Waals surface area contributed by atoms with Crippen LogP contribution < -0.4 is 0 Å². The lowest BCUT2D eigenvalue weighted by atomic mass is 9.90. The lowest BCUT2D eigenvalue weighted by Crippen LogP contribution is -2.30. The van der Waals surface area contributed by atoms with Crippen LogP contribution in [0.15, 0.2) is 54.6 Å². The monoisotopic (exact) mass is 223 g/mol. The molecule has 17 heavy (non-hydrogen) atoms. The molecule has 0 fully saturated rings. The smallest absolute Gasteiger partial charge is 0.0389 e. The van der Waals surface area contributed by atoms with Crippen molar-refractivity contribution >= 4 is 0 Å². The van der Waals surface area contributed by atoms with Crippen molar-refractivity contribution in [3.63, 3.8) is 0 Å². The van der Waals surface area contributed by atoms with Crippen molar-refractivity contribution in [3.8, 4) is 0 Å². The van der Waals surface area contributed by atoms with E-state index >= 15 is 0 Å². The van der Waals surface area contributed by atoms with Crippen molar-refractivity contribution in [2.45, 2.75) is 19.0 Å². The first-order valence-electron chi connectivity index (χ1n) is 6.16. The normalized spacial score (nSPS) is 19.9. The van der Waals surface area contributed by atoms with E-state index in [1.54, 1.807) is 0 Å². The minimum Gasteiger partial charge on any atom is -0.295 e. The lowest BCUT2D eigenvalue weighted by Gasteiger charge is -2.34. The standard InChI is InChI=1S/C16H17N/c1-17-12-15-10-6-5-9-14(15)11-16(17)13-7-3-2-4-8-13/h2-10,16H,11-12H2,1H3/t16-/m1/s1. The average molecular weight is 223 g/mol. The zero-order valence-corrected chi connectivity index (χ0v) is 10.1. The van der Waals surface area contributed by atoms with Crippen LogP contribution in [0, 0.1) is 0 Å². The van der Waals surface area contributed by atoms with Crippen molar-refractivity contribution in [3.05, 3.63) is 71.3 Å². The number of benzene rings is 2. The fraction of sp³-hybridized carbons (Fsp3) is 0.250. The van der Waals surface area contributed by atoms with Gasteiger partial charge >= 0.3 is 0 Å². The number of hydrogen-bond donors (Lipinski definition) is 0. The Morgan fingerprint density at radius 3 is 2.29 bits per heavy atom. The summed E-state index contributed by atoms with van der Waals surface area (Å²) in [7, 11) is 2.22. The lowest BCUT2D eigenvalue weighted by molar-refractivity contribution is 0.218. The molecule has 0 saturated carbocycles. The van der Waals surface area contributed by atoms with Gasteiger partial charge in [0, 0.05) is 12.6 Å². The van der Waals surface area contributed by atoms with E-state index in [0.717, 1.165) is 13.0 Å². The highest BCUT2D eigenvalue weighted by atomic mass is 15.1. The molecule has 86 valence electrons. The molecule has 0 radical (unpaired) electrons. The Hall–Kier alpha value is -1.60. The molecule has 0 spiro atoms. The van der Waals surface area contributed by atoms with Crippen LogP contribution in [0.3, 0.4) is 0 Å². The highest BCUT2D eigenvalue weighted by molar-refractivity contribution is 5.33. The van der Waals surface area contributed by atoms with Crippen molar-refractivity contribution in [2.24, 2.45) is 0 Å². The molecule has 1 heteroatoms. The Bertz CT molecular complexity index is 504. The maximum Gasteiger partial charge on any atom is 0.0389 e. The molecule has 0 aliphatic carbocycles. The molecule has 1 nitrogen and oxygen atoms in total. The zero-order valence-electron chi connectivity index (χ0n) is 10.1. The van der Waals surface area contributed by atoms with Crippen LogP contribution in [-0.2, 0) is 13.0 Å². The van der Waals surface area contributed by atoms with Gasteiger partial charge < -0.3 is 0 Å². The SMILES string of the molecule is CN1Cc2ccccc2C[C@@H]1c1ccccc1. The predicted molar refractivity (Wildman–Crippen MR) is 70.8 cm³/mol. The van der Waals surface area contributed by atoms with Crippen LogP contribution in [0.5, 0.6) is 0 Å². The molecule has 1 aliphatic rings. The molecular formula is C16H17N. The van der Waals surface area contributed by atoms with Crippen molar-refractivity contribution < 1.29 is 0 Å². The summed E-state index contributed by atoms with van der Waals surface area (Å²) in [5.41, 5.74) is 4.39. The fourth-order valence-corrected chi connectivity index (χ4v) is 2.70. The Morgan fingerprint density at radius 2 is 1.53 bits per heavy atom. The molecule has 0 aromatic heterocycles. The van der Waals surface area contributed by atoms with Gasteiger partial charge in [0.15, 0.2) is 0 Å². The van der Waals surface area contributed by atoms with Gasteiger partial charge in [0.2, 0.25) is 0 Å². The second-order valence-corrected chi connectivity index (χ2v) is 4.81. The summed E-state index contributed by atoms with van der Waals surface area (Å²) in [6.07, 6.45) is 1.12. The van der Waals surface area contributed by atoms with Gasteiger partial charge in [0.25, 0.3) is 0 Å². The van der Waals surface area contributed by atoms with Gasteiger partial charge in [-0.25, -0.2) is 0 Å². The molecule has 2 aromatic rings. The Kier molecular flexibility index (Phi) is 2.69. The molecule has 1 aliphatic heterocycles. The van der Waals surface area contributed by atoms with Gasteiger partial charge in [-0.1, -0.05) is 54.6 Å². The second-order valence-electron chi connectivity index (χ2n) is 4.81. The van der Waals surface area contributed by atoms with E-state index in [1.807, 2.05) is 0 Å². The van der Waals surface area contributed by atoms with Crippen LogP contribution in [0.4, 0.5) is 0 Å². The van der Waals surface area contributed by atoms with Crippen molar-refractivity contribution in [1.29, 1.82) is 0 Å². The summed E-state index contributed by atoms with van der Waals surface area (Å²) < 4.78 is 0. The molecule has 1 heterocycles. The molecule has 0 unspecified atom stereocenters. The predicted octanol–water partition coefficient (Wildman–Crippen LogP) is 3.42. The van der Waals surface area contributed by atoms with E-state index in [9.17, 15) is 0 Å². The topological polar surface area (TPSA) is 3.24 Å². The molecular weight excluding hydrogens is 206 g/mol. The van der Waals surface area contributed by atoms with E-state index in [-0.39, 0.29) is 0 Å². The molecule has 2 aromatic carbocycles. The second kappa shape index (κ2) is 4.34. The van der Waals surface area contributed by atoms with E-state index < -0.39 is 0 Å². The fourth-order valence-electron chi connectivity index (χ4n) is 2.70. The number of fused-ring (bicyclic) bond motifs is 1. The largest absolute Gasteiger partial charge is 0.295 e. The third-order valence-electron chi connectivity index (χ3n) is 3.67. The average Bonchev–Trinajstić information content (AvgIpc) is 2.39. The maximum absolute atomic E-state index is 2.44. The summed E-state index contributed by atoms with van der Waals surface area (Å²) in [5.74, 6) is 0. The first-order valence-corrected chi connectivity index (χ1v) is 6.16. The highest BCUT2D eigenvalue weighted by Gasteiger charge is 2.23. The van der Waals surface area contributed by atoms with Gasteiger partial charge in [0.1, 0.15) is 0 Å². The molecule has 0 bridgehead atoms. The third-order valence-corrected chi connectivity index (χ3v) is 3.67. The summed E-state index contributed by atoms with van der Waals surface area (Å²) in [4.78, 5) is 2.44. The maximum atomic E-state index is 2.44. The Balaban J connectivity index is 1.95. The molecule has 3 rings (SSSR count). The minimum atomic E-state index is 0.520. The molecule has 1 atom stereocenters. The number of rotatable bonds is 1. The molecule has 0 N–H and O–H groups in total. The van der Waals surface area contributed by atoms with Crippen LogP contribution in [-0.4, -0.2) is 11.9 Å². The first-order chi connectivity index (χ1) is 8.34. The van der Waals surface area contributed by atoms with E-state index in [4.69, 9.17) is 0 Å². The highest BCUT2D eigenvalue weighted by Crippen LogP contribution is 2.31. The first kappa shape index (κ1) is 10.5. The molecule has 0 amide bonds. The van der Waals surface area contributed by atoms with Crippen LogP contribution in [0.25, 0.3) is 0 Å². The summed E-state index contributed by atoms with van der Waals surface area (Å²) in [5, 5.41) is 0. The van der Waals surface area contributed by atoms with Gasteiger partial charge in [-0.3, -0.25) is 4.90 Å². The van der Waals surface area contributed by atoms with Crippen LogP contribution in [0.1, 0.15) is 22.7 Å². The minimum absolute atomic E-state index is 0.520. The number of likely N-dealkylation sites (N-methyl/N-ethyl adjacent to an activating group) is 1. The van der Waals surface area contributed by atoms with Gasteiger partial charge in [0.05, 0.1) is 0 Å². The summed E-state index contributed by atoms with van der Waals surface area (Å²) >= 11 is 0. The van der Waals surface area contributed by atoms with Crippen molar-refractivity contribution in [1.82, 2.24) is 4.90 Å². The van der Waals surface area contributed by atoms with E-state index in [0.29, 0.717) is 6.04 Å². The Morgan fingerprint density at radius 1 is 0.882 bits per heavy atom. The number of nitrogens with zero attached hydrogens (tertiary/aromatic N) is 1. The van der Waals surface area contributed by atoms with E-state index in [2.05, 4.69) is 66.5 Å². The summed E-state index contributed by atoms with van der Waals surface area (Å²) in [6.45, 7) is 1.05.